The van der Waals surface area contributed by atoms with Gasteiger partial charge in [-0.2, -0.15) is 5.26 Å². The summed E-state index contributed by atoms with van der Waals surface area (Å²) in [6, 6.07) is 5.68. The number of nitrogens with two attached hydrogens (primary N) is 1. The average molecular weight is 362 g/mol. The van der Waals surface area contributed by atoms with Gasteiger partial charge < -0.3 is 5.73 Å². The van der Waals surface area contributed by atoms with Gasteiger partial charge in [0.1, 0.15) is 17.5 Å². The molecule has 0 aliphatic carbocycles. The SMILES string of the molecule is N#Cc1c(-c2c(F)c(F)c(F)c(F)c2F)cc(-c2cccnc2)nc1N. The van der Waals surface area contributed by atoms with E-state index in [0.717, 1.165) is 6.07 Å². The number of aromatic nitrogens is 2. The van der Waals surface area contributed by atoms with Crippen LogP contribution in [0.4, 0.5) is 27.8 Å². The van der Waals surface area contributed by atoms with E-state index in [1.165, 1.54) is 12.4 Å². The predicted molar refractivity (Wildman–Crippen MR) is 81.8 cm³/mol. The number of nitrogen functional groups attached to an aromatic ring is 1. The topological polar surface area (TPSA) is 75.6 Å². The van der Waals surface area contributed by atoms with E-state index in [9.17, 15) is 27.2 Å². The zero-order valence-electron chi connectivity index (χ0n) is 12.7. The Hall–Kier alpha value is -3.54. The van der Waals surface area contributed by atoms with Crippen molar-refractivity contribution in [1.82, 2.24) is 9.97 Å². The van der Waals surface area contributed by atoms with Crippen LogP contribution in [0.5, 0.6) is 0 Å². The lowest BCUT2D eigenvalue weighted by Gasteiger charge is -2.13. The normalized spacial score (nSPS) is 10.6. The number of halogens is 5. The summed E-state index contributed by atoms with van der Waals surface area (Å²) in [5.41, 5.74) is 3.74. The molecule has 0 fully saturated rings. The third-order valence-corrected chi connectivity index (χ3v) is 3.60. The molecule has 4 nitrogen and oxygen atoms in total. The number of hydrogen-bond donors (Lipinski definition) is 1. The number of pyridine rings is 2. The summed E-state index contributed by atoms with van der Waals surface area (Å²) in [5.74, 6) is -11.1. The molecule has 130 valence electrons. The van der Waals surface area contributed by atoms with Gasteiger partial charge in [0.15, 0.2) is 23.3 Å². The largest absolute Gasteiger partial charge is 0.383 e. The molecule has 3 rings (SSSR count). The first-order chi connectivity index (χ1) is 12.4. The van der Waals surface area contributed by atoms with Crippen molar-refractivity contribution in [3.8, 4) is 28.5 Å². The number of anilines is 1. The number of nitrogens with zero attached hydrogens (tertiary/aromatic N) is 3. The predicted octanol–water partition coefficient (Wildman–Crippen LogP) is 3.96. The maximum absolute atomic E-state index is 14.2. The fourth-order valence-electron chi connectivity index (χ4n) is 2.38. The van der Waals surface area contributed by atoms with Crippen molar-refractivity contribution in [3.63, 3.8) is 0 Å². The Bertz CT molecular complexity index is 1030. The van der Waals surface area contributed by atoms with Gasteiger partial charge in [0.05, 0.1) is 11.3 Å². The van der Waals surface area contributed by atoms with Crippen LogP contribution < -0.4 is 5.73 Å². The lowest BCUT2D eigenvalue weighted by Crippen LogP contribution is -2.07. The van der Waals surface area contributed by atoms with E-state index in [1.54, 1.807) is 18.2 Å². The standard InChI is InChI=1S/C17H7F5N4/c18-12-11(13(19)15(21)16(22)14(12)20)8-4-10(7-2-1-3-25-6-7)26-17(24)9(8)5-23/h1-4,6H,(H2,24,26). The molecule has 2 N–H and O–H groups in total. The summed E-state index contributed by atoms with van der Waals surface area (Å²) >= 11 is 0. The van der Waals surface area contributed by atoms with Gasteiger partial charge in [-0.3, -0.25) is 4.98 Å². The number of hydrogen-bond acceptors (Lipinski definition) is 4. The molecule has 0 aliphatic heterocycles. The van der Waals surface area contributed by atoms with E-state index < -0.39 is 51.6 Å². The van der Waals surface area contributed by atoms with E-state index in [1.807, 2.05) is 0 Å². The quantitative estimate of drug-likeness (QED) is 0.425. The second kappa shape index (κ2) is 6.40. The maximum Gasteiger partial charge on any atom is 0.200 e. The molecular formula is C17H7F5N4. The molecule has 0 saturated heterocycles. The van der Waals surface area contributed by atoms with Crippen molar-refractivity contribution in [2.45, 2.75) is 0 Å². The van der Waals surface area contributed by atoms with E-state index in [2.05, 4.69) is 9.97 Å². The third-order valence-electron chi connectivity index (χ3n) is 3.60. The Morgan fingerprint density at radius 1 is 0.962 bits per heavy atom. The Morgan fingerprint density at radius 2 is 1.58 bits per heavy atom. The van der Waals surface area contributed by atoms with Crippen molar-refractivity contribution in [3.05, 3.63) is 65.2 Å². The molecule has 0 aliphatic rings. The fraction of sp³-hybridized carbons (Fsp3) is 0. The zero-order chi connectivity index (χ0) is 19.0. The first kappa shape index (κ1) is 17.3. The summed E-state index contributed by atoms with van der Waals surface area (Å²) in [7, 11) is 0. The minimum Gasteiger partial charge on any atom is -0.383 e. The highest BCUT2D eigenvalue weighted by atomic mass is 19.2. The summed E-state index contributed by atoms with van der Waals surface area (Å²) < 4.78 is 68.7. The smallest absolute Gasteiger partial charge is 0.200 e. The first-order valence-electron chi connectivity index (χ1n) is 6.99. The lowest BCUT2D eigenvalue weighted by atomic mass is 9.97. The van der Waals surface area contributed by atoms with Gasteiger partial charge in [-0.1, -0.05) is 0 Å². The van der Waals surface area contributed by atoms with Crippen LogP contribution in [0.1, 0.15) is 5.56 Å². The molecule has 2 heterocycles. The highest BCUT2D eigenvalue weighted by Crippen LogP contribution is 2.36. The maximum atomic E-state index is 14.2. The van der Waals surface area contributed by atoms with Crippen LogP contribution in [0.3, 0.4) is 0 Å². The van der Waals surface area contributed by atoms with Crippen LogP contribution in [0, 0.1) is 40.4 Å². The molecule has 0 atom stereocenters. The van der Waals surface area contributed by atoms with Crippen molar-refractivity contribution in [2.75, 3.05) is 5.73 Å². The molecule has 2 aromatic heterocycles. The molecule has 26 heavy (non-hydrogen) atoms. The van der Waals surface area contributed by atoms with Gasteiger partial charge in [-0.15, -0.1) is 0 Å². The zero-order valence-corrected chi connectivity index (χ0v) is 12.7. The minimum absolute atomic E-state index is 0.0496. The highest BCUT2D eigenvalue weighted by Gasteiger charge is 2.29. The van der Waals surface area contributed by atoms with Crippen LogP contribution >= 0.6 is 0 Å². The molecule has 9 heteroatoms. The number of rotatable bonds is 2. The van der Waals surface area contributed by atoms with Gasteiger partial charge in [0.2, 0.25) is 5.82 Å². The summed E-state index contributed by atoms with van der Waals surface area (Å²) in [5, 5.41) is 9.21. The average Bonchev–Trinajstić information content (AvgIpc) is 2.65. The third kappa shape index (κ3) is 2.61. The summed E-state index contributed by atoms with van der Waals surface area (Å²) in [4.78, 5) is 7.78. The molecule has 0 unspecified atom stereocenters. The Morgan fingerprint density at radius 3 is 2.12 bits per heavy atom. The second-order valence-electron chi connectivity index (χ2n) is 5.11. The van der Waals surface area contributed by atoms with Crippen LogP contribution in [0.25, 0.3) is 22.4 Å². The van der Waals surface area contributed by atoms with Crippen molar-refractivity contribution < 1.29 is 22.0 Å². The fourth-order valence-corrected chi connectivity index (χ4v) is 2.38. The van der Waals surface area contributed by atoms with Gasteiger partial charge in [0.25, 0.3) is 0 Å². The monoisotopic (exact) mass is 362 g/mol. The molecular weight excluding hydrogens is 355 g/mol. The van der Waals surface area contributed by atoms with Crippen LogP contribution in [0.15, 0.2) is 30.6 Å². The first-order valence-corrected chi connectivity index (χ1v) is 6.99. The van der Waals surface area contributed by atoms with E-state index in [4.69, 9.17) is 5.73 Å². The minimum atomic E-state index is -2.29. The molecule has 0 amide bonds. The number of benzene rings is 1. The Kier molecular flexibility index (Phi) is 4.26. The van der Waals surface area contributed by atoms with Crippen molar-refractivity contribution in [2.24, 2.45) is 0 Å². The van der Waals surface area contributed by atoms with Gasteiger partial charge in [-0.25, -0.2) is 26.9 Å². The summed E-state index contributed by atoms with van der Waals surface area (Å²) in [6.07, 6.45) is 2.82. The molecule has 0 saturated carbocycles. The van der Waals surface area contributed by atoms with Crippen molar-refractivity contribution in [1.29, 1.82) is 5.26 Å². The second-order valence-corrected chi connectivity index (χ2v) is 5.11. The molecule has 1 aromatic carbocycles. The Labute approximate surface area is 143 Å². The molecule has 0 spiro atoms. The van der Waals surface area contributed by atoms with Crippen LogP contribution in [0.2, 0.25) is 0 Å². The van der Waals surface area contributed by atoms with Crippen molar-refractivity contribution >= 4 is 5.82 Å². The van der Waals surface area contributed by atoms with Gasteiger partial charge >= 0.3 is 0 Å². The van der Waals surface area contributed by atoms with E-state index >= 15 is 0 Å². The summed E-state index contributed by atoms with van der Waals surface area (Å²) in [6.45, 7) is 0. The Balaban J connectivity index is 2.40. The van der Waals surface area contributed by atoms with Crippen LogP contribution in [-0.2, 0) is 0 Å². The van der Waals surface area contributed by atoms with Gasteiger partial charge in [0, 0.05) is 23.5 Å². The number of nitriles is 1. The van der Waals surface area contributed by atoms with E-state index in [0.29, 0.717) is 5.56 Å². The van der Waals surface area contributed by atoms with Crippen LogP contribution in [-0.4, -0.2) is 9.97 Å². The molecule has 3 aromatic rings. The van der Waals surface area contributed by atoms with Gasteiger partial charge in [-0.05, 0) is 18.2 Å². The highest BCUT2D eigenvalue weighted by molar-refractivity contribution is 5.80. The molecule has 0 radical (unpaired) electrons. The lowest BCUT2D eigenvalue weighted by molar-refractivity contribution is 0.381. The molecule has 0 bridgehead atoms. The van der Waals surface area contributed by atoms with E-state index in [-0.39, 0.29) is 5.69 Å².